The molecule has 2 aromatic carbocycles. The number of hydrogen-bond donors (Lipinski definition) is 3. The molecule has 0 aliphatic heterocycles. The predicted octanol–water partition coefficient (Wildman–Crippen LogP) is 3.67. The average Bonchev–Trinajstić information content (AvgIpc) is 3.07. The molecule has 0 unspecified atom stereocenters. The highest BCUT2D eigenvalue weighted by atomic mass is 79.9. The van der Waals surface area contributed by atoms with Crippen molar-refractivity contribution in [2.75, 3.05) is 7.11 Å². The molecule has 3 aromatic rings. The minimum absolute atomic E-state index is 0.00319. The summed E-state index contributed by atoms with van der Waals surface area (Å²) in [5.74, 6) is -0.505. The lowest BCUT2D eigenvalue weighted by molar-refractivity contribution is 0.0557. The van der Waals surface area contributed by atoms with Crippen LogP contribution < -0.4 is 5.69 Å². The van der Waals surface area contributed by atoms with Crippen molar-refractivity contribution < 1.29 is 32.7 Å². The Hall–Kier alpha value is -2.59. The third-order valence-corrected chi connectivity index (χ3v) is 6.16. The summed E-state index contributed by atoms with van der Waals surface area (Å²) in [6.45, 7) is -0.00319. The maximum Gasteiger partial charge on any atom is 0.399 e. The molecule has 0 radical (unpaired) electrons. The van der Waals surface area contributed by atoms with E-state index < -0.39 is 30.5 Å². The van der Waals surface area contributed by atoms with E-state index in [1.54, 1.807) is 24.3 Å². The fourth-order valence-electron chi connectivity index (χ4n) is 2.93. The van der Waals surface area contributed by atoms with Gasteiger partial charge in [0.05, 0.1) is 24.9 Å². The normalized spacial score (nSPS) is 12.1. The van der Waals surface area contributed by atoms with Crippen LogP contribution in [-0.4, -0.2) is 32.4 Å². The van der Waals surface area contributed by atoms with Gasteiger partial charge in [-0.05, 0) is 29.3 Å². The number of imidazole rings is 1. The number of esters is 1. The predicted molar refractivity (Wildman–Crippen MR) is 111 cm³/mol. The molecule has 0 saturated heterocycles. The van der Waals surface area contributed by atoms with Crippen LogP contribution in [-0.2, 0) is 21.5 Å². The van der Waals surface area contributed by atoms with E-state index in [4.69, 9.17) is 9.79 Å². The Morgan fingerprint density at radius 1 is 1.23 bits per heavy atom. The molecule has 0 spiro atoms. The van der Waals surface area contributed by atoms with Crippen LogP contribution in [0.25, 0.3) is 11.3 Å². The fraction of sp³-hybridized carbons (Fsp3) is 0.158. The summed E-state index contributed by atoms with van der Waals surface area (Å²) in [7, 11) is -4.45. The number of aromatic amines is 1. The van der Waals surface area contributed by atoms with Crippen molar-refractivity contribution >= 4 is 29.5 Å². The smallest absolute Gasteiger partial charge is 0.399 e. The number of aromatic nitrogens is 2. The van der Waals surface area contributed by atoms with Gasteiger partial charge in [0, 0.05) is 16.2 Å². The monoisotopic (exact) mass is 516 g/mol. The summed E-state index contributed by atoms with van der Waals surface area (Å²) in [6.07, 6.45) is 1.47. The Morgan fingerprint density at radius 2 is 1.87 bits per heavy atom. The van der Waals surface area contributed by atoms with Crippen LogP contribution in [0.3, 0.4) is 0 Å². The number of nitrogens with one attached hydrogen (secondary N) is 1. The lowest BCUT2D eigenvalue weighted by Crippen LogP contribution is -2.19. The molecule has 3 rings (SSSR count). The van der Waals surface area contributed by atoms with Gasteiger partial charge < -0.3 is 19.5 Å². The number of alkyl halides is 2. The molecule has 3 N–H and O–H groups in total. The van der Waals surface area contributed by atoms with Crippen LogP contribution >= 0.6 is 23.5 Å². The van der Waals surface area contributed by atoms with E-state index >= 15 is 0 Å². The highest BCUT2D eigenvalue weighted by Gasteiger charge is 2.51. The summed E-state index contributed by atoms with van der Waals surface area (Å²) >= 11 is 2.93. The second-order valence-corrected chi connectivity index (χ2v) is 9.04. The highest BCUT2D eigenvalue weighted by Crippen LogP contribution is 2.60. The van der Waals surface area contributed by atoms with Crippen LogP contribution in [0.2, 0.25) is 0 Å². The van der Waals surface area contributed by atoms with E-state index in [1.165, 1.54) is 30.0 Å². The molecule has 1 heterocycles. The summed E-state index contributed by atoms with van der Waals surface area (Å²) < 4.78 is 44.9. The topological polar surface area (TPSA) is 122 Å². The molecular weight excluding hydrogens is 501 g/mol. The standard InChI is InChI=1S/C19H16BrF2N2O6P/c1-30-17(25)13-5-3-12(4-6-13)16-9-23-18(26)24(16)10-11-2-7-14(15(20)8-11)19(21,22)31(27,28)29/h2-9H,10H2,1H3,(H,23,26)(H2,27,28,29). The van der Waals surface area contributed by atoms with Crippen LogP contribution in [0.15, 0.2) is 57.9 Å². The Bertz CT molecular complexity index is 1230. The van der Waals surface area contributed by atoms with Gasteiger partial charge in [0.15, 0.2) is 0 Å². The molecule has 164 valence electrons. The van der Waals surface area contributed by atoms with Gasteiger partial charge in [-0.2, -0.15) is 8.78 Å². The van der Waals surface area contributed by atoms with E-state index in [2.05, 4.69) is 25.7 Å². The van der Waals surface area contributed by atoms with Crippen molar-refractivity contribution in [3.8, 4) is 11.3 Å². The zero-order valence-electron chi connectivity index (χ0n) is 15.9. The van der Waals surface area contributed by atoms with E-state index in [1.807, 2.05) is 0 Å². The third kappa shape index (κ3) is 4.54. The van der Waals surface area contributed by atoms with Crippen molar-refractivity contribution in [2.45, 2.75) is 12.2 Å². The number of nitrogens with zero attached hydrogens (tertiary/aromatic N) is 1. The van der Waals surface area contributed by atoms with Crippen LogP contribution in [0.5, 0.6) is 0 Å². The molecule has 0 saturated carbocycles. The van der Waals surface area contributed by atoms with Crippen molar-refractivity contribution in [3.05, 3.63) is 80.3 Å². The van der Waals surface area contributed by atoms with Crippen molar-refractivity contribution in [3.63, 3.8) is 0 Å². The second kappa shape index (κ2) is 8.51. The first-order valence-corrected chi connectivity index (χ1v) is 11.1. The van der Waals surface area contributed by atoms with Gasteiger partial charge in [0.25, 0.3) is 0 Å². The molecule has 0 amide bonds. The second-order valence-electron chi connectivity index (χ2n) is 6.53. The first-order chi connectivity index (χ1) is 14.5. The number of H-pyrrole nitrogens is 1. The number of ether oxygens (including phenoxy) is 1. The molecule has 31 heavy (non-hydrogen) atoms. The van der Waals surface area contributed by atoms with Gasteiger partial charge in [-0.1, -0.05) is 40.2 Å². The number of carbonyl (C=O) groups is 1. The maximum atomic E-state index is 14.0. The van der Waals surface area contributed by atoms with Crippen molar-refractivity contribution in [2.24, 2.45) is 0 Å². The van der Waals surface area contributed by atoms with Gasteiger partial charge in [0.1, 0.15) is 0 Å². The molecule has 0 aliphatic carbocycles. The zero-order valence-corrected chi connectivity index (χ0v) is 18.4. The number of carbonyl (C=O) groups excluding carboxylic acids is 1. The first kappa shape index (κ1) is 23.1. The summed E-state index contributed by atoms with van der Waals surface area (Å²) in [5, 5.41) is 0. The first-order valence-electron chi connectivity index (χ1n) is 8.65. The van der Waals surface area contributed by atoms with E-state index in [0.717, 1.165) is 6.07 Å². The number of rotatable bonds is 6. The molecular formula is C19H16BrF2N2O6P. The number of halogens is 3. The Kier molecular flexibility index (Phi) is 6.33. The molecule has 1 aromatic heterocycles. The van der Waals surface area contributed by atoms with Crippen LogP contribution in [0, 0.1) is 0 Å². The molecule has 0 atom stereocenters. The van der Waals surface area contributed by atoms with Gasteiger partial charge in [-0.25, -0.2) is 9.59 Å². The van der Waals surface area contributed by atoms with E-state index in [0.29, 0.717) is 22.4 Å². The Labute approximate surface area is 182 Å². The summed E-state index contributed by atoms with van der Waals surface area (Å²) in [6, 6.07) is 9.77. The van der Waals surface area contributed by atoms with Crippen LogP contribution in [0.1, 0.15) is 21.5 Å². The Morgan fingerprint density at radius 3 is 2.42 bits per heavy atom. The maximum absolute atomic E-state index is 14.0. The van der Waals surface area contributed by atoms with Gasteiger partial charge >= 0.3 is 24.9 Å². The van der Waals surface area contributed by atoms with E-state index in [9.17, 15) is 22.9 Å². The molecule has 0 fully saturated rings. The lowest BCUT2D eigenvalue weighted by atomic mass is 10.1. The van der Waals surface area contributed by atoms with Crippen molar-refractivity contribution in [1.82, 2.24) is 9.55 Å². The summed E-state index contributed by atoms with van der Waals surface area (Å²) in [4.78, 5) is 44.3. The van der Waals surface area contributed by atoms with Crippen molar-refractivity contribution in [1.29, 1.82) is 0 Å². The molecule has 0 bridgehead atoms. The number of benzene rings is 2. The number of methoxy groups -OCH3 is 1. The number of hydrogen-bond acceptors (Lipinski definition) is 4. The molecule has 8 nitrogen and oxygen atoms in total. The van der Waals surface area contributed by atoms with Gasteiger partial charge in [-0.15, -0.1) is 0 Å². The van der Waals surface area contributed by atoms with E-state index in [-0.39, 0.29) is 11.0 Å². The zero-order chi connectivity index (χ0) is 23.0. The SMILES string of the molecule is COC(=O)c1ccc(-c2c[nH]c(=O)n2Cc2ccc(C(F)(F)P(=O)(O)O)c(Br)c2)cc1. The Balaban J connectivity index is 1.94. The third-order valence-electron chi connectivity index (χ3n) is 4.53. The minimum Gasteiger partial charge on any atom is -0.465 e. The quantitative estimate of drug-likeness (QED) is 0.339. The summed E-state index contributed by atoms with van der Waals surface area (Å²) in [5.41, 5.74) is -3.79. The average molecular weight is 517 g/mol. The lowest BCUT2D eigenvalue weighted by Gasteiger charge is -2.19. The molecule has 12 heteroatoms. The van der Waals surface area contributed by atoms with Gasteiger partial charge in [0.2, 0.25) is 0 Å². The van der Waals surface area contributed by atoms with Crippen LogP contribution in [0.4, 0.5) is 8.78 Å². The fourth-order valence-corrected chi connectivity index (χ4v) is 4.26. The van der Waals surface area contributed by atoms with Gasteiger partial charge in [-0.3, -0.25) is 9.13 Å². The highest BCUT2D eigenvalue weighted by molar-refractivity contribution is 9.10. The minimum atomic E-state index is -5.72. The molecule has 0 aliphatic rings. The largest absolute Gasteiger partial charge is 0.465 e.